The number of pyridine rings is 1. The molecule has 5 heteroatoms. The molecule has 0 aliphatic rings. The molecule has 0 aliphatic carbocycles. The molecule has 0 saturated carbocycles. The molecule has 0 spiro atoms. The van der Waals surface area contributed by atoms with Crippen LogP contribution in [0.5, 0.6) is 0 Å². The van der Waals surface area contributed by atoms with Gasteiger partial charge in [-0.15, -0.1) is 11.8 Å². The Morgan fingerprint density at radius 2 is 2.05 bits per heavy atom. The summed E-state index contributed by atoms with van der Waals surface area (Å²) in [5.74, 6) is 0.437. The van der Waals surface area contributed by atoms with Crippen molar-refractivity contribution in [3.05, 3.63) is 52.7 Å². The Morgan fingerprint density at radius 1 is 1.29 bits per heavy atom. The minimum atomic E-state index is -0.205. The molecule has 1 N–H and O–H groups in total. The Balaban J connectivity index is 2.00. The number of aryl methyl sites for hydroxylation is 2. The van der Waals surface area contributed by atoms with Gasteiger partial charge in [-0.3, -0.25) is 4.79 Å². The lowest BCUT2D eigenvalue weighted by Gasteiger charge is -2.13. The van der Waals surface area contributed by atoms with E-state index in [4.69, 9.17) is 11.6 Å². The van der Waals surface area contributed by atoms with Gasteiger partial charge in [0.2, 0.25) is 5.91 Å². The molecule has 2 rings (SSSR count). The van der Waals surface area contributed by atoms with E-state index >= 15 is 0 Å². The Morgan fingerprint density at radius 3 is 2.67 bits per heavy atom. The number of nitrogens with one attached hydrogen (secondary N) is 1. The van der Waals surface area contributed by atoms with Gasteiger partial charge in [0.1, 0.15) is 5.82 Å². The number of anilines is 1. The van der Waals surface area contributed by atoms with Crippen molar-refractivity contribution in [1.82, 2.24) is 4.98 Å². The molecule has 1 aromatic heterocycles. The summed E-state index contributed by atoms with van der Waals surface area (Å²) >= 11 is 7.31. The number of benzene rings is 1. The molecule has 3 nitrogen and oxygen atoms in total. The van der Waals surface area contributed by atoms with Crippen LogP contribution in [0.15, 0.2) is 41.4 Å². The second kappa shape index (κ2) is 6.96. The largest absolute Gasteiger partial charge is 0.310 e. The molecular formula is C16H17ClN2OS. The Bertz CT molecular complexity index is 643. The number of thioether (sulfide) groups is 1. The van der Waals surface area contributed by atoms with E-state index in [-0.39, 0.29) is 11.2 Å². The Kier molecular flexibility index (Phi) is 5.26. The van der Waals surface area contributed by atoms with Crippen molar-refractivity contribution in [2.24, 2.45) is 0 Å². The van der Waals surface area contributed by atoms with Gasteiger partial charge in [-0.2, -0.15) is 0 Å². The zero-order chi connectivity index (χ0) is 15.4. The first-order valence-electron chi connectivity index (χ1n) is 6.62. The van der Waals surface area contributed by atoms with Crippen LogP contribution in [-0.4, -0.2) is 16.1 Å². The topological polar surface area (TPSA) is 42.0 Å². The van der Waals surface area contributed by atoms with Crippen LogP contribution in [0.1, 0.15) is 18.1 Å². The molecule has 2 aromatic rings. The third kappa shape index (κ3) is 4.48. The van der Waals surface area contributed by atoms with Crippen LogP contribution in [0.4, 0.5) is 5.82 Å². The number of hydrogen-bond acceptors (Lipinski definition) is 3. The summed E-state index contributed by atoms with van der Waals surface area (Å²) in [5.41, 5.74) is 2.41. The van der Waals surface area contributed by atoms with E-state index in [0.29, 0.717) is 10.8 Å². The number of nitrogens with zero attached hydrogens (tertiary/aromatic N) is 1. The summed E-state index contributed by atoms with van der Waals surface area (Å²) in [5, 5.41) is 3.13. The second-order valence-electron chi connectivity index (χ2n) is 4.88. The summed E-state index contributed by atoms with van der Waals surface area (Å²) in [6.45, 7) is 6.00. The lowest BCUT2D eigenvalue weighted by molar-refractivity contribution is -0.115. The van der Waals surface area contributed by atoms with E-state index in [9.17, 15) is 4.79 Å². The van der Waals surface area contributed by atoms with E-state index in [1.807, 2.05) is 6.92 Å². The summed E-state index contributed by atoms with van der Waals surface area (Å²) in [6, 6.07) is 9.62. The third-order valence-corrected chi connectivity index (χ3v) is 4.49. The standard InChI is InChI=1S/C16H17ClN2OS/c1-10-4-6-14(11(2)8-10)21-12(3)16(20)19-15-7-5-13(17)9-18-15/h4-9,12H,1-3H3,(H,18,19,20)/t12-/m0/s1. The fraction of sp³-hybridized carbons (Fsp3) is 0.250. The van der Waals surface area contributed by atoms with Crippen molar-refractivity contribution in [2.75, 3.05) is 5.32 Å². The maximum Gasteiger partial charge on any atom is 0.238 e. The molecule has 1 amide bonds. The van der Waals surface area contributed by atoms with Gasteiger partial charge in [0.15, 0.2) is 0 Å². The van der Waals surface area contributed by atoms with Crippen molar-refractivity contribution >= 4 is 35.1 Å². The zero-order valence-electron chi connectivity index (χ0n) is 12.2. The van der Waals surface area contributed by atoms with Gasteiger partial charge in [0.05, 0.1) is 10.3 Å². The highest BCUT2D eigenvalue weighted by atomic mass is 35.5. The van der Waals surface area contributed by atoms with Crippen LogP contribution in [0.25, 0.3) is 0 Å². The molecule has 1 heterocycles. The highest BCUT2D eigenvalue weighted by Crippen LogP contribution is 2.27. The van der Waals surface area contributed by atoms with Crippen molar-refractivity contribution in [2.45, 2.75) is 30.9 Å². The second-order valence-corrected chi connectivity index (χ2v) is 6.70. The number of amides is 1. The minimum Gasteiger partial charge on any atom is -0.310 e. The number of hydrogen-bond donors (Lipinski definition) is 1. The van der Waals surface area contributed by atoms with Crippen molar-refractivity contribution in [3.8, 4) is 0 Å². The van der Waals surface area contributed by atoms with Crippen LogP contribution in [0.2, 0.25) is 5.02 Å². The van der Waals surface area contributed by atoms with E-state index in [1.165, 1.54) is 17.3 Å². The molecule has 0 bridgehead atoms. The predicted octanol–water partition coefficient (Wildman–Crippen LogP) is 4.47. The van der Waals surface area contributed by atoms with Crippen LogP contribution in [-0.2, 0) is 4.79 Å². The van der Waals surface area contributed by atoms with E-state index in [2.05, 4.69) is 42.3 Å². The lowest BCUT2D eigenvalue weighted by Crippen LogP contribution is -2.22. The quantitative estimate of drug-likeness (QED) is 0.845. The van der Waals surface area contributed by atoms with Gasteiger partial charge < -0.3 is 5.32 Å². The monoisotopic (exact) mass is 320 g/mol. The van der Waals surface area contributed by atoms with Gasteiger partial charge in [-0.05, 0) is 44.5 Å². The van der Waals surface area contributed by atoms with Crippen molar-refractivity contribution in [1.29, 1.82) is 0 Å². The SMILES string of the molecule is Cc1ccc(S[C@@H](C)C(=O)Nc2ccc(Cl)cn2)c(C)c1. The third-order valence-electron chi connectivity index (χ3n) is 2.98. The zero-order valence-corrected chi connectivity index (χ0v) is 13.8. The average molecular weight is 321 g/mol. The summed E-state index contributed by atoms with van der Waals surface area (Å²) in [4.78, 5) is 17.4. The molecular weight excluding hydrogens is 304 g/mol. The molecule has 1 atom stereocenters. The van der Waals surface area contributed by atoms with Gasteiger partial charge >= 0.3 is 0 Å². The fourth-order valence-electron chi connectivity index (χ4n) is 1.85. The molecule has 0 fully saturated rings. The summed E-state index contributed by atoms with van der Waals surface area (Å²) in [6.07, 6.45) is 1.51. The van der Waals surface area contributed by atoms with Gasteiger partial charge in [0, 0.05) is 11.1 Å². The highest BCUT2D eigenvalue weighted by molar-refractivity contribution is 8.00. The van der Waals surface area contributed by atoms with Crippen LogP contribution in [0, 0.1) is 13.8 Å². The molecule has 0 radical (unpaired) electrons. The molecule has 0 aliphatic heterocycles. The van der Waals surface area contributed by atoms with E-state index in [1.54, 1.807) is 23.9 Å². The normalized spacial score (nSPS) is 12.0. The van der Waals surface area contributed by atoms with Gasteiger partial charge in [-0.25, -0.2) is 4.98 Å². The smallest absolute Gasteiger partial charge is 0.238 e. The first-order valence-corrected chi connectivity index (χ1v) is 7.88. The number of rotatable bonds is 4. The number of carbonyl (C=O) groups excluding carboxylic acids is 1. The van der Waals surface area contributed by atoms with Gasteiger partial charge in [0.25, 0.3) is 0 Å². The molecule has 110 valence electrons. The molecule has 1 aromatic carbocycles. The van der Waals surface area contributed by atoms with Crippen molar-refractivity contribution < 1.29 is 4.79 Å². The Labute approximate surface area is 134 Å². The first-order chi connectivity index (χ1) is 9.95. The van der Waals surface area contributed by atoms with Gasteiger partial charge in [-0.1, -0.05) is 29.3 Å². The van der Waals surface area contributed by atoms with Crippen LogP contribution in [0.3, 0.4) is 0 Å². The van der Waals surface area contributed by atoms with Crippen molar-refractivity contribution in [3.63, 3.8) is 0 Å². The number of halogens is 1. The minimum absolute atomic E-state index is 0.0743. The highest BCUT2D eigenvalue weighted by Gasteiger charge is 2.16. The van der Waals surface area contributed by atoms with Crippen LogP contribution < -0.4 is 5.32 Å². The van der Waals surface area contributed by atoms with E-state index < -0.39 is 0 Å². The molecule has 21 heavy (non-hydrogen) atoms. The predicted molar refractivity (Wildman–Crippen MR) is 89.1 cm³/mol. The average Bonchev–Trinajstić information content (AvgIpc) is 2.44. The summed E-state index contributed by atoms with van der Waals surface area (Å²) in [7, 11) is 0. The molecule has 0 saturated heterocycles. The summed E-state index contributed by atoms with van der Waals surface area (Å²) < 4.78 is 0. The number of carbonyl (C=O) groups is 1. The first kappa shape index (κ1) is 15.9. The lowest BCUT2D eigenvalue weighted by atomic mass is 10.2. The fourth-order valence-corrected chi connectivity index (χ4v) is 2.90. The Hall–Kier alpha value is -1.52. The molecule has 0 unspecified atom stereocenters. The maximum atomic E-state index is 12.2. The van der Waals surface area contributed by atoms with Crippen LogP contribution >= 0.6 is 23.4 Å². The maximum absolute atomic E-state index is 12.2. The number of aromatic nitrogens is 1. The van der Waals surface area contributed by atoms with E-state index in [0.717, 1.165) is 4.90 Å².